The number of rotatable bonds is 6. The molecule has 0 radical (unpaired) electrons. The fourth-order valence-electron chi connectivity index (χ4n) is 2.02. The van der Waals surface area contributed by atoms with Gasteiger partial charge in [-0.15, -0.1) is 35.7 Å². The molecule has 0 amide bonds. The number of guanidine groups is 1. The molecule has 2 rings (SSSR count). The number of nitrogens with zero attached hydrogens (tertiary/aromatic N) is 1. The minimum absolute atomic E-state index is 0. The van der Waals surface area contributed by atoms with Crippen LogP contribution in [-0.2, 0) is 6.54 Å². The average molecular weight is 441 g/mol. The third-order valence-electron chi connectivity index (χ3n) is 3.16. The van der Waals surface area contributed by atoms with E-state index in [0.717, 1.165) is 19.0 Å². The van der Waals surface area contributed by atoms with Crippen LogP contribution in [0.2, 0.25) is 0 Å². The number of benzene rings is 2. The smallest absolute Gasteiger partial charge is 0.191 e. The molecular formula is C18H24IN3S. The Kier molecular flexibility index (Phi) is 9.78. The van der Waals surface area contributed by atoms with E-state index in [2.05, 4.69) is 58.9 Å². The molecule has 1 atom stereocenters. The van der Waals surface area contributed by atoms with Crippen LogP contribution in [0.4, 0.5) is 0 Å². The molecule has 0 spiro atoms. The van der Waals surface area contributed by atoms with Crippen LogP contribution in [0.5, 0.6) is 0 Å². The molecule has 0 aliphatic rings. The van der Waals surface area contributed by atoms with Gasteiger partial charge in [0.05, 0.1) is 0 Å². The Morgan fingerprint density at radius 2 is 1.61 bits per heavy atom. The fraction of sp³-hybridized carbons (Fsp3) is 0.278. The number of thioether (sulfide) groups is 1. The molecule has 3 nitrogen and oxygen atoms in total. The lowest BCUT2D eigenvalue weighted by molar-refractivity contribution is 0.790. The molecule has 0 bridgehead atoms. The summed E-state index contributed by atoms with van der Waals surface area (Å²) in [6, 6.07) is 20.8. The van der Waals surface area contributed by atoms with Crippen LogP contribution >= 0.6 is 35.7 Å². The van der Waals surface area contributed by atoms with E-state index in [-0.39, 0.29) is 24.0 Å². The van der Waals surface area contributed by atoms with Crippen molar-refractivity contribution >= 4 is 41.7 Å². The second-order valence-corrected chi connectivity index (χ2v) is 6.55. The summed E-state index contributed by atoms with van der Waals surface area (Å²) in [5, 5.41) is 7.18. The maximum absolute atomic E-state index is 4.27. The third kappa shape index (κ3) is 7.74. The fourth-order valence-corrected chi connectivity index (χ4v) is 2.96. The standard InChI is InChI=1S/C18H23N3S.HI/c1-15(22-17-11-7-4-8-12-17)13-20-18(19-2)21-14-16-9-5-3-6-10-16;/h3-12,15H,13-14H2,1-2H3,(H2,19,20,21);1H. The van der Waals surface area contributed by atoms with Gasteiger partial charge in [-0.3, -0.25) is 4.99 Å². The quantitative estimate of drug-likeness (QED) is 0.306. The number of halogens is 1. The molecular weight excluding hydrogens is 417 g/mol. The van der Waals surface area contributed by atoms with E-state index >= 15 is 0 Å². The van der Waals surface area contributed by atoms with Gasteiger partial charge in [0.1, 0.15) is 0 Å². The number of hydrogen-bond donors (Lipinski definition) is 2. The summed E-state index contributed by atoms with van der Waals surface area (Å²) in [4.78, 5) is 5.56. The number of hydrogen-bond acceptors (Lipinski definition) is 2. The molecule has 0 saturated heterocycles. The molecule has 0 aromatic heterocycles. The summed E-state index contributed by atoms with van der Waals surface area (Å²) in [7, 11) is 1.80. The van der Waals surface area contributed by atoms with Gasteiger partial charge in [0.25, 0.3) is 0 Å². The van der Waals surface area contributed by atoms with Crippen molar-refractivity contribution in [3.8, 4) is 0 Å². The Morgan fingerprint density at radius 3 is 2.22 bits per heavy atom. The predicted octanol–water partition coefficient (Wildman–Crippen LogP) is 4.15. The van der Waals surface area contributed by atoms with Gasteiger partial charge < -0.3 is 10.6 Å². The van der Waals surface area contributed by atoms with Crippen LogP contribution in [0, 0.1) is 0 Å². The second kappa shape index (κ2) is 11.3. The van der Waals surface area contributed by atoms with E-state index in [1.807, 2.05) is 36.0 Å². The number of aliphatic imine (C=N–C) groups is 1. The van der Waals surface area contributed by atoms with Crippen molar-refractivity contribution in [3.63, 3.8) is 0 Å². The Morgan fingerprint density at radius 1 is 1.00 bits per heavy atom. The molecule has 124 valence electrons. The molecule has 2 aromatic carbocycles. The van der Waals surface area contributed by atoms with Crippen molar-refractivity contribution in [2.45, 2.75) is 23.6 Å². The summed E-state index contributed by atoms with van der Waals surface area (Å²) in [5.74, 6) is 0.837. The van der Waals surface area contributed by atoms with Gasteiger partial charge in [0.2, 0.25) is 0 Å². The summed E-state index contributed by atoms with van der Waals surface area (Å²) in [6.45, 7) is 3.86. The van der Waals surface area contributed by atoms with Crippen LogP contribution in [0.1, 0.15) is 12.5 Å². The summed E-state index contributed by atoms with van der Waals surface area (Å²) < 4.78 is 0. The lowest BCUT2D eigenvalue weighted by atomic mass is 10.2. The first-order valence-corrected chi connectivity index (χ1v) is 8.36. The molecule has 5 heteroatoms. The Labute approximate surface area is 160 Å². The van der Waals surface area contributed by atoms with Gasteiger partial charge in [-0.2, -0.15) is 0 Å². The van der Waals surface area contributed by atoms with Gasteiger partial charge >= 0.3 is 0 Å². The van der Waals surface area contributed by atoms with E-state index in [1.165, 1.54) is 10.5 Å². The largest absolute Gasteiger partial charge is 0.355 e. The van der Waals surface area contributed by atoms with Crippen molar-refractivity contribution in [1.82, 2.24) is 10.6 Å². The van der Waals surface area contributed by atoms with Crippen molar-refractivity contribution in [1.29, 1.82) is 0 Å². The van der Waals surface area contributed by atoms with E-state index in [1.54, 1.807) is 7.05 Å². The van der Waals surface area contributed by atoms with E-state index in [9.17, 15) is 0 Å². The summed E-state index contributed by atoms with van der Waals surface area (Å²) in [5.41, 5.74) is 1.25. The predicted molar refractivity (Wildman–Crippen MR) is 112 cm³/mol. The first kappa shape index (κ1) is 19.8. The maximum atomic E-state index is 4.27. The van der Waals surface area contributed by atoms with Crippen LogP contribution in [0.25, 0.3) is 0 Å². The molecule has 0 heterocycles. The lowest BCUT2D eigenvalue weighted by Gasteiger charge is -2.16. The zero-order chi connectivity index (χ0) is 15.6. The monoisotopic (exact) mass is 441 g/mol. The second-order valence-electron chi connectivity index (χ2n) is 5.03. The van der Waals surface area contributed by atoms with Crippen LogP contribution in [0.15, 0.2) is 70.6 Å². The zero-order valence-corrected chi connectivity index (χ0v) is 16.7. The van der Waals surface area contributed by atoms with E-state index in [0.29, 0.717) is 5.25 Å². The third-order valence-corrected chi connectivity index (χ3v) is 4.28. The molecule has 23 heavy (non-hydrogen) atoms. The molecule has 0 fully saturated rings. The summed E-state index contributed by atoms with van der Waals surface area (Å²) >= 11 is 1.87. The Hall–Kier alpha value is -1.21. The minimum atomic E-state index is 0. The normalized spacial score (nSPS) is 12.2. The highest BCUT2D eigenvalue weighted by atomic mass is 127. The summed E-state index contributed by atoms with van der Waals surface area (Å²) in [6.07, 6.45) is 0. The van der Waals surface area contributed by atoms with Gasteiger partial charge in [-0.1, -0.05) is 55.5 Å². The van der Waals surface area contributed by atoms with Gasteiger partial charge in [0.15, 0.2) is 5.96 Å². The van der Waals surface area contributed by atoms with Crippen molar-refractivity contribution in [2.24, 2.45) is 4.99 Å². The Balaban J connectivity index is 0.00000264. The lowest BCUT2D eigenvalue weighted by Crippen LogP contribution is -2.39. The van der Waals surface area contributed by atoms with Crippen LogP contribution < -0.4 is 10.6 Å². The molecule has 0 saturated carbocycles. The first-order valence-electron chi connectivity index (χ1n) is 7.48. The number of nitrogens with one attached hydrogen (secondary N) is 2. The minimum Gasteiger partial charge on any atom is -0.355 e. The Bertz CT molecular complexity index is 575. The van der Waals surface area contributed by atoms with Crippen molar-refractivity contribution < 1.29 is 0 Å². The molecule has 2 N–H and O–H groups in total. The van der Waals surface area contributed by atoms with E-state index in [4.69, 9.17) is 0 Å². The van der Waals surface area contributed by atoms with Gasteiger partial charge in [-0.05, 0) is 17.7 Å². The van der Waals surface area contributed by atoms with Crippen LogP contribution in [-0.4, -0.2) is 24.8 Å². The highest BCUT2D eigenvalue weighted by molar-refractivity contribution is 14.0. The molecule has 0 aliphatic carbocycles. The van der Waals surface area contributed by atoms with Gasteiger partial charge in [-0.25, -0.2) is 0 Å². The van der Waals surface area contributed by atoms with Crippen molar-refractivity contribution in [3.05, 3.63) is 66.2 Å². The highest BCUT2D eigenvalue weighted by Gasteiger charge is 2.05. The SMILES string of the molecule is CN=C(NCc1ccccc1)NCC(C)Sc1ccccc1.I. The maximum Gasteiger partial charge on any atom is 0.191 e. The molecule has 0 aliphatic heterocycles. The molecule has 2 aromatic rings. The zero-order valence-electron chi connectivity index (χ0n) is 13.5. The first-order chi connectivity index (χ1) is 10.8. The van der Waals surface area contributed by atoms with Crippen molar-refractivity contribution in [2.75, 3.05) is 13.6 Å². The average Bonchev–Trinajstić information content (AvgIpc) is 2.57. The van der Waals surface area contributed by atoms with E-state index < -0.39 is 0 Å². The highest BCUT2D eigenvalue weighted by Crippen LogP contribution is 2.21. The van der Waals surface area contributed by atoms with Gasteiger partial charge in [0, 0.05) is 30.3 Å². The van der Waals surface area contributed by atoms with Crippen LogP contribution in [0.3, 0.4) is 0 Å². The molecule has 1 unspecified atom stereocenters. The topological polar surface area (TPSA) is 36.4 Å².